The van der Waals surface area contributed by atoms with Gasteiger partial charge in [0, 0.05) is 49.8 Å². The minimum absolute atomic E-state index is 0.0431. The van der Waals surface area contributed by atoms with Crippen LogP contribution in [0.3, 0.4) is 0 Å². The number of ether oxygens (including phenoxy) is 1. The second-order valence-electron chi connectivity index (χ2n) is 8.82. The predicted molar refractivity (Wildman–Crippen MR) is 130 cm³/mol. The molecule has 2 unspecified atom stereocenters. The zero-order valence-electron chi connectivity index (χ0n) is 19.2. The first-order chi connectivity index (χ1) is 16.3. The van der Waals surface area contributed by atoms with E-state index >= 15 is 0 Å². The van der Waals surface area contributed by atoms with Crippen LogP contribution in [0.2, 0.25) is 0 Å². The molecule has 172 valence electrons. The molecule has 2 aliphatic heterocycles. The number of nitrogens with zero attached hydrogens (tertiary/aromatic N) is 3. The Kier molecular flexibility index (Phi) is 5.32. The molecule has 1 N–H and O–H groups in total. The summed E-state index contributed by atoms with van der Waals surface area (Å²) in [5.41, 5.74) is 3.65. The molecule has 1 fully saturated rings. The molecule has 5 rings (SSSR count). The first-order valence-electron chi connectivity index (χ1n) is 11.1. The van der Waals surface area contributed by atoms with Crippen molar-refractivity contribution in [2.24, 2.45) is 0 Å². The first-order valence-corrected chi connectivity index (χ1v) is 11.1. The molecule has 1 aromatic heterocycles. The highest BCUT2D eigenvalue weighted by atomic mass is 16.5. The summed E-state index contributed by atoms with van der Waals surface area (Å²) in [6, 6.07) is 15.5. The van der Waals surface area contributed by atoms with Gasteiger partial charge in [-0.3, -0.25) is 19.5 Å². The third-order valence-electron chi connectivity index (χ3n) is 6.26. The lowest BCUT2D eigenvalue weighted by Crippen LogP contribution is -2.29. The number of anilines is 2. The molecule has 0 spiro atoms. The Balaban J connectivity index is 1.65. The van der Waals surface area contributed by atoms with Gasteiger partial charge in [-0.2, -0.15) is 0 Å². The Morgan fingerprint density at radius 1 is 1.12 bits per heavy atom. The fourth-order valence-electron chi connectivity index (χ4n) is 4.59. The Morgan fingerprint density at radius 3 is 2.56 bits per heavy atom. The van der Waals surface area contributed by atoms with Crippen LogP contribution in [0, 0.1) is 0 Å². The smallest absolute Gasteiger partial charge is 0.300 e. The molecule has 3 aromatic rings. The third-order valence-corrected chi connectivity index (χ3v) is 6.26. The van der Waals surface area contributed by atoms with Crippen LogP contribution in [-0.2, 0) is 16.0 Å². The summed E-state index contributed by atoms with van der Waals surface area (Å²) < 4.78 is 5.76. The lowest BCUT2D eigenvalue weighted by atomic mass is 9.95. The number of benzene rings is 2. The maximum Gasteiger partial charge on any atom is 0.300 e. The Labute approximate surface area is 197 Å². The minimum Gasteiger partial charge on any atom is -0.507 e. The molecule has 1 amide bonds. The first kappa shape index (κ1) is 21.7. The van der Waals surface area contributed by atoms with Crippen LogP contribution in [0.4, 0.5) is 11.4 Å². The van der Waals surface area contributed by atoms with E-state index in [1.807, 2.05) is 44.1 Å². The van der Waals surface area contributed by atoms with Gasteiger partial charge in [-0.25, -0.2) is 0 Å². The molecule has 0 bridgehead atoms. The van der Waals surface area contributed by atoms with Crippen molar-refractivity contribution in [1.82, 2.24) is 4.98 Å². The van der Waals surface area contributed by atoms with E-state index in [9.17, 15) is 14.7 Å². The largest absolute Gasteiger partial charge is 0.507 e. The van der Waals surface area contributed by atoms with E-state index in [-0.39, 0.29) is 17.4 Å². The molecule has 2 aliphatic rings. The number of fused-ring (bicyclic) bond motifs is 1. The number of hydrogen-bond donors (Lipinski definition) is 1. The van der Waals surface area contributed by atoms with Crippen LogP contribution in [0.15, 0.2) is 72.6 Å². The van der Waals surface area contributed by atoms with Gasteiger partial charge in [0.2, 0.25) is 0 Å². The number of pyridine rings is 1. The molecule has 0 aliphatic carbocycles. The second kappa shape index (κ2) is 8.33. The highest BCUT2D eigenvalue weighted by molar-refractivity contribution is 6.51. The van der Waals surface area contributed by atoms with Gasteiger partial charge in [0.05, 0.1) is 11.6 Å². The summed E-state index contributed by atoms with van der Waals surface area (Å²) in [4.78, 5) is 34.1. The molecule has 1 saturated heterocycles. The van der Waals surface area contributed by atoms with E-state index in [1.165, 1.54) is 4.90 Å². The number of carbonyl (C=O) groups is 2. The van der Waals surface area contributed by atoms with Crippen molar-refractivity contribution in [1.29, 1.82) is 0 Å². The van der Waals surface area contributed by atoms with Gasteiger partial charge in [-0.1, -0.05) is 6.07 Å². The maximum atomic E-state index is 13.3. The monoisotopic (exact) mass is 455 g/mol. The molecule has 3 heterocycles. The summed E-state index contributed by atoms with van der Waals surface area (Å²) in [6.45, 7) is 1.98. The van der Waals surface area contributed by atoms with E-state index in [0.29, 0.717) is 16.8 Å². The molecule has 34 heavy (non-hydrogen) atoms. The molecule has 2 atom stereocenters. The van der Waals surface area contributed by atoms with Crippen molar-refractivity contribution in [2.75, 3.05) is 23.9 Å². The average molecular weight is 456 g/mol. The van der Waals surface area contributed by atoms with Crippen LogP contribution in [-0.4, -0.2) is 42.0 Å². The van der Waals surface area contributed by atoms with Gasteiger partial charge in [0.25, 0.3) is 11.7 Å². The number of ketones is 1. The zero-order chi connectivity index (χ0) is 24.0. The number of Topliss-reactive ketones (excluding diaryl/α,β-unsaturated/α-hetero) is 1. The van der Waals surface area contributed by atoms with Crippen LogP contribution in [0.25, 0.3) is 5.76 Å². The third kappa shape index (κ3) is 3.59. The van der Waals surface area contributed by atoms with Crippen molar-refractivity contribution in [3.63, 3.8) is 0 Å². The van der Waals surface area contributed by atoms with Crippen molar-refractivity contribution in [3.05, 3.63) is 89.3 Å². The topological polar surface area (TPSA) is 83.0 Å². The van der Waals surface area contributed by atoms with E-state index in [2.05, 4.69) is 4.98 Å². The molecule has 2 aromatic carbocycles. The maximum absolute atomic E-state index is 13.3. The van der Waals surface area contributed by atoms with Crippen molar-refractivity contribution in [2.45, 2.75) is 25.5 Å². The number of aromatic nitrogens is 1. The van der Waals surface area contributed by atoms with Gasteiger partial charge in [0.1, 0.15) is 17.6 Å². The van der Waals surface area contributed by atoms with Crippen LogP contribution >= 0.6 is 0 Å². The number of carbonyl (C=O) groups excluding carboxylic acids is 2. The number of aliphatic hydroxyl groups is 1. The van der Waals surface area contributed by atoms with Crippen molar-refractivity contribution in [3.8, 4) is 5.75 Å². The quantitative estimate of drug-likeness (QED) is 0.362. The Hall–Kier alpha value is -4.13. The number of aliphatic hydroxyl groups excluding tert-OH is 1. The minimum atomic E-state index is -0.803. The number of amides is 1. The molecule has 0 saturated carbocycles. The SMILES string of the molecule is CC1Cc2cc(/C(O)=C3/C(=O)C(=O)N(c4ccc(N(C)C)cc4)C3c3cccnc3)ccc2O1. The predicted octanol–water partition coefficient (Wildman–Crippen LogP) is 4.10. The summed E-state index contributed by atoms with van der Waals surface area (Å²) >= 11 is 0. The second-order valence-corrected chi connectivity index (χ2v) is 8.82. The van der Waals surface area contributed by atoms with E-state index < -0.39 is 17.7 Å². The van der Waals surface area contributed by atoms with E-state index in [0.717, 1.165) is 23.4 Å². The average Bonchev–Trinajstić information content (AvgIpc) is 3.34. The van der Waals surface area contributed by atoms with Gasteiger partial charge < -0.3 is 14.7 Å². The van der Waals surface area contributed by atoms with Crippen molar-refractivity contribution >= 4 is 28.8 Å². The molecule has 7 nitrogen and oxygen atoms in total. The molecule has 7 heteroatoms. The van der Waals surface area contributed by atoms with Gasteiger partial charge in [-0.15, -0.1) is 0 Å². The van der Waals surface area contributed by atoms with Gasteiger partial charge >= 0.3 is 0 Å². The summed E-state index contributed by atoms with van der Waals surface area (Å²) in [5, 5.41) is 11.3. The summed E-state index contributed by atoms with van der Waals surface area (Å²) in [6.07, 6.45) is 4.01. The number of hydrogen-bond acceptors (Lipinski definition) is 6. The zero-order valence-corrected chi connectivity index (χ0v) is 19.2. The van der Waals surface area contributed by atoms with E-state index in [1.54, 1.807) is 48.8 Å². The van der Waals surface area contributed by atoms with Crippen LogP contribution in [0.5, 0.6) is 5.75 Å². The highest BCUT2D eigenvalue weighted by Gasteiger charge is 2.47. The lowest BCUT2D eigenvalue weighted by Gasteiger charge is -2.25. The van der Waals surface area contributed by atoms with Gasteiger partial charge in [0.15, 0.2) is 0 Å². The van der Waals surface area contributed by atoms with E-state index in [4.69, 9.17) is 4.74 Å². The summed E-state index contributed by atoms with van der Waals surface area (Å²) in [5.74, 6) is -0.851. The Morgan fingerprint density at radius 2 is 1.88 bits per heavy atom. The van der Waals surface area contributed by atoms with Crippen LogP contribution < -0.4 is 14.5 Å². The molecular weight excluding hydrogens is 430 g/mol. The van der Waals surface area contributed by atoms with Gasteiger partial charge in [-0.05, 0) is 66.6 Å². The van der Waals surface area contributed by atoms with Crippen LogP contribution in [0.1, 0.15) is 29.7 Å². The Bertz CT molecular complexity index is 1300. The lowest BCUT2D eigenvalue weighted by molar-refractivity contribution is -0.132. The normalized spacial score (nSPS) is 20.9. The standard InChI is InChI=1S/C27H25N3O4/c1-16-13-19-14-17(6-11-22(19)34-16)25(31)23-24(18-5-4-12-28-15-18)30(27(33)26(23)32)21-9-7-20(8-10-21)29(2)3/h4-12,14-16,24,31H,13H2,1-3H3/b25-23-. The number of rotatable bonds is 4. The fraction of sp³-hybridized carbons (Fsp3) is 0.222. The van der Waals surface area contributed by atoms with Crippen molar-refractivity contribution < 1.29 is 19.4 Å². The highest BCUT2D eigenvalue weighted by Crippen LogP contribution is 2.43. The summed E-state index contributed by atoms with van der Waals surface area (Å²) in [7, 11) is 3.86. The fourth-order valence-corrected chi connectivity index (χ4v) is 4.59. The molecular formula is C27H25N3O4. The molecule has 0 radical (unpaired) electrons.